The minimum absolute atomic E-state index is 0.0139. The smallest absolute Gasteiger partial charge is 0.0482 e. The lowest BCUT2D eigenvalue weighted by molar-refractivity contribution is 0.120. The van der Waals surface area contributed by atoms with Gasteiger partial charge in [0.2, 0.25) is 0 Å². The highest BCUT2D eigenvalue weighted by Crippen LogP contribution is 2.34. The Morgan fingerprint density at radius 2 is 2.00 bits per heavy atom. The van der Waals surface area contributed by atoms with E-state index in [1.807, 2.05) is 13.0 Å². The Bertz CT molecular complexity index is 429. The van der Waals surface area contributed by atoms with Crippen molar-refractivity contribution in [2.75, 3.05) is 6.61 Å². The van der Waals surface area contributed by atoms with Gasteiger partial charge in [0.25, 0.3) is 0 Å². The number of aliphatic hydroxyl groups excluding tert-OH is 1. The van der Waals surface area contributed by atoms with E-state index in [-0.39, 0.29) is 12.5 Å². The zero-order chi connectivity index (χ0) is 15.3. The van der Waals surface area contributed by atoms with Crippen LogP contribution in [0.1, 0.15) is 51.7 Å². The lowest BCUT2D eigenvalue weighted by Crippen LogP contribution is -2.45. The van der Waals surface area contributed by atoms with Crippen LogP contribution in [0.4, 0.5) is 0 Å². The van der Waals surface area contributed by atoms with Gasteiger partial charge in [-0.15, -0.1) is 0 Å². The summed E-state index contributed by atoms with van der Waals surface area (Å²) in [7, 11) is 0. The maximum atomic E-state index is 9.62. The highest BCUT2D eigenvalue weighted by atomic mass is 35.5. The molecule has 0 aromatic heterocycles. The first-order valence-corrected chi connectivity index (χ1v) is 7.91. The molecule has 0 amide bonds. The van der Waals surface area contributed by atoms with Gasteiger partial charge in [-0.25, -0.2) is 0 Å². The van der Waals surface area contributed by atoms with Gasteiger partial charge in [-0.05, 0) is 42.9 Å². The predicted octanol–water partition coefficient (Wildman–Crippen LogP) is 4.12. The molecular formula is C17H28ClNO. The Kier molecular flexibility index (Phi) is 6.50. The maximum absolute atomic E-state index is 9.62. The summed E-state index contributed by atoms with van der Waals surface area (Å²) in [6, 6.07) is 6.10. The molecule has 1 unspecified atom stereocenters. The van der Waals surface area contributed by atoms with Crippen LogP contribution in [0.25, 0.3) is 0 Å². The van der Waals surface area contributed by atoms with E-state index in [1.54, 1.807) is 0 Å². The molecule has 1 rings (SSSR count). The van der Waals surface area contributed by atoms with Gasteiger partial charge in [-0.3, -0.25) is 0 Å². The van der Waals surface area contributed by atoms with Crippen LogP contribution in [-0.2, 0) is 12.0 Å². The first-order chi connectivity index (χ1) is 9.34. The summed E-state index contributed by atoms with van der Waals surface area (Å²) in [5.41, 5.74) is 8.10. The number of hydrogen-bond donors (Lipinski definition) is 2. The molecule has 0 aliphatic heterocycles. The number of nitrogens with two attached hydrogens (primary N) is 1. The molecule has 2 nitrogen and oxygen atoms in total. The molecule has 114 valence electrons. The molecule has 3 N–H and O–H groups in total. The molecule has 3 heteroatoms. The SMILES string of the molecule is CCCCc1ccc([C@](C)(N)C(CO)C(C)C)cc1Cl. The lowest BCUT2D eigenvalue weighted by Gasteiger charge is -2.36. The van der Waals surface area contributed by atoms with E-state index in [2.05, 4.69) is 32.9 Å². The molecule has 0 aliphatic carbocycles. The summed E-state index contributed by atoms with van der Waals surface area (Å²) >= 11 is 6.38. The first kappa shape index (κ1) is 17.5. The highest BCUT2D eigenvalue weighted by Gasteiger charge is 2.33. The quantitative estimate of drug-likeness (QED) is 0.795. The second kappa shape index (κ2) is 7.44. The van der Waals surface area contributed by atoms with Crippen molar-refractivity contribution in [1.82, 2.24) is 0 Å². The fourth-order valence-corrected chi connectivity index (χ4v) is 3.03. The van der Waals surface area contributed by atoms with Crippen molar-refractivity contribution < 1.29 is 5.11 Å². The minimum atomic E-state index is -0.574. The lowest BCUT2D eigenvalue weighted by atomic mass is 9.75. The van der Waals surface area contributed by atoms with E-state index in [4.69, 9.17) is 17.3 Å². The Morgan fingerprint density at radius 3 is 2.45 bits per heavy atom. The number of aryl methyl sites for hydroxylation is 1. The van der Waals surface area contributed by atoms with Crippen LogP contribution in [0.2, 0.25) is 5.02 Å². The van der Waals surface area contributed by atoms with Crippen molar-refractivity contribution in [3.8, 4) is 0 Å². The second-order valence-corrected chi connectivity index (χ2v) is 6.63. The van der Waals surface area contributed by atoms with Gasteiger partial charge in [0.15, 0.2) is 0 Å². The van der Waals surface area contributed by atoms with Crippen molar-refractivity contribution in [3.63, 3.8) is 0 Å². The average molecular weight is 298 g/mol. The second-order valence-electron chi connectivity index (χ2n) is 6.23. The zero-order valence-electron chi connectivity index (χ0n) is 13.1. The Hall–Kier alpha value is -0.570. The van der Waals surface area contributed by atoms with E-state index in [1.165, 1.54) is 5.56 Å². The molecule has 1 aromatic rings. The molecule has 0 saturated carbocycles. The monoisotopic (exact) mass is 297 g/mol. The minimum Gasteiger partial charge on any atom is -0.396 e. The standard InChI is InChI=1S/C17H28ClNO/c1-5-6-7-13-8-9-14(10-16(13)18)17(4,19)15(11-20)12(2)3/h8-10,12,15,20H,5-7,11,19H2,1-4H3/t15?,17-/m0/s1. The molecule has 0 bridgehead atoms. The largest absolute Gasteiger partial charge is 0.396 e. The van der Waals surface area contributed by atoms with Crippen molar-refractivity contribution in [1.29, 1.82) is 0 Å². The number of aliphatic hydroxyl groups is 1. The summed E-state index contributed by atoms with van der Waals surface area (Å²) in [5.74, 6) is 0.327. The summed E-state index contributed by atoms with van der Waals surface area (Å²) in [5, 5.41) is 10.4. The van der Waals surface area contributed by atoms with Crippen LogP contribution in [0.5, 0.6) is 0 Å². The van der Waals surface area contributed by atoms with Crippen molar-refractivity contribution in [2.45, 2.75) is 52.5 Å². The van der Waals surface area contributed by atoms with Crippen LogP contribution in [0.15, 0.2) is 18.2 Å². The van der Waals surface area contributed by atoms with Gasteiger partial charge in [0.05, 0.1) is 0 Å². The van der Waals surface area contributed by atoms with Crippen molar-refractivity contribution in [2.24, 2.45) is 17.6 Å². The Balaban J connectivity index is 3.04. The average Bonchev–Trinajstić information content (AvgIpc) is 2.37. The van der Waals surface area contributed by atoms with Crippen molar-refractivity contribution >= 4 is 11.6 Å². The molecular weight excluding hydrogens is 270 g/mol. The van der Waals surface area contributed by atoms with Gasteiger partial charge in [0, 0.05) is 23.1 Å². The molecule has 0 aliphatic rings. The molecule has 0 fully saturated rings. The van der Waals surface area contributed by atoms with Gasteiger partial charge in [-0.1, -0.05) is 50.9 Å². The third-order valence-electron chi connectivity index (χ3n) is 4.25. The molecule has 20 heavy (non-hydrogen) atoms. The van der Waals surface area contributed by atoms with E-state index < -0.39 is 5.54 Å². The molecule has 0 radical (unpaired) electrons. The van der Waals surface area contributed by atoms with Crippen molar-refractivity contribution in [3.05, 3.63) is 34.3 Å². The van der Waals surface area contributed by atoms with Gasteiger partial charge >= 0.3 is 0 Å². The fraction of sp³-hybridized carbons (Fsp3) is 0.647. The summed E-state index contributed by atoms with van der Waals surface area (Å²) in [6.45, 7) is 8.41. The number of halogens is 1. The van der Waals surface area contributed by atoms with E-state index in [0.717, 1.165) is 29.8 Å². The van der Waals surface area contributed by atoms with E-state index >= 15 is 0 Å². The number of benzene rings is 1. The van der Waals surface area contributed by atoms with Gasteiger partial charge in [0.1, 0.15) is 0 Å². The van der Waals surface area contributed by atoms with Crippen LogP contribution in [0, 0.1) is 11.8 Å². The summed E-state index contributed by atoms with van der Waals surface area (Å²) in [4.78, 5) is 0. The molecule has 2 atom stereocenters. The molecule has 0 spiro atoms. The predicted molar refractivity (Wildman–Crippen MR) is 87.0 cm³/mol. The van der Waals surface area contributed by atoms with E-state index in [9.17, 15) is 5.11 Å². The van der Waals surface area contributed by atoms with Crippen LogP contribution < -0.4 is 5.73 Å². The molecule has 0 heterocycles. The first-order valence-electron chi connectivity index (χ1n) is 7.53. The maximum Gasteiger partial charge on any atom is 0.0482 e. The highest BCUT2D eigenvalue weighted by molar-refractivity contribution is 6.31. The Morgan fingerprint density at radius 1 is 1.35 bits per heavy atom. The Labute approximate surface area is 128 Å². The summed E-state index contributed by atoms with van der Waals surface area (Å²) in [6.07, 6.45) is 3.31. The normalized spacial score (nSPS) is 16.2. The summed E-state index contributed by atoms with van der Waals surface area (Å²) < 4.78 is 0. The van der Waals surface area contributed by atoms with Gasteiger partial charge < -0.3 is 10.8 Å². The van der Waals surface area contributed by atoms with Crippen LogP contribution in [-0.4, -0.2) is 11.7 Å². The molecule has 1 aromatic carbocycles. The van der Waals surface area contributed by atoms with Gasteiger partial charge in [-0.2, -0.15) is 0 Å². The topological polar surface area (TPSA) is 46.2 Å². The number of rotatable bonds is 7. The zero-order valence-corrected chi connectivity index (χ0v) is 13.9. The third kappa shape index (κ3) is 3.97. The van der Waals surface area contributed by atoms with E-state index in [0.29, 0.717) is 5.92 Å². The third-order valence-corrected chi connectivity index (χ3v) is 4.60. The molecule has 0 saturated heterocycles. The number of unbranched alkanes of at least 4 members (excludes halogenated alkanes) is 1. The van der Waals surface area contributed by atoms with Crippen LogP contribution in [0.3, 0.4) is 0 Å². The van der Waals surface area contributed by atoms with Crippen LogP contribution >= 0.6 is 11.6 Å². The fourth-order valence-electron chi connectivity index (χ4n) is 2.76. The number of hydrogen-bond acceptors (Lipinski definition) is 2.